The number of carbonyl (C=O) groups excluding carboxylic acids is 1. The number of hydrogen-bond donors (Lipinski definition) is 1. The second-order valence-corrected chi connectivity index (χ2v) is 8.81. The zero-order valence-electron chi connectivity index (χ0n) is 15.9. The Hall–Kier alpha value is -2.53. The average molecular weight is 408 g/mol. The molecule has 1 aliphatic heterocycles. The van der Waals surface area contributed by atoms with Crippen molar-refractivity contribution in [2.24, 2.45) is 13.0 Å². The van der Waals surface area contributed by atoms with E-state index >= 15 is 0 Å². The van der Waals surface area contributed by atoms with Crippen LogP contribution in [0.4, 0.5) is 0 Å². The molecule has 10 nitrogen and oxygen atoms in total. The number of hydrogen-bond acceptors (Lipinski definition) is 6. The van der Waals surface area contributed by atoms with Crippen molar-refractivity contribution in [3.63, 3.8) is 0 Å². The first-order chi connectivity index (χ1) is 13.3. The average Bonchev–Trinajstić information content (AvgIpc) is 2.96. The van der Waals surface area contributed by atoms with Crippen molar-refractivity contribution in [3.05, 3.63) is 34.9 Å². The summed E-state index contributed by atoms with van der Waals surface area (Å²) >= 11 is 0. The minimum atomic E-state index is -3.21. The van der Waals surface area contributed by atoms with Crippen LogP contribution >= 0.6 is 0 Å². The fourth-order valence-corrected chi connectivity index (χ4v) is 4.10. The quantitative estimate of drug-likeness (QED) is 0.684. The molecule has 2 aromatic rings. The van der Waals surface area contributed by atoms with Gasteiger partial charge in [-0.3, -0.25) is 14.3 Å². The Morgan fingerprint density at radius 1 is 1.29 bits per heavy atom. The maximum Gasteiger partial charge on any atom is 0.346 e. The lowest BCUT2D eigenvalue weighted by molar-refractivity contribution is -0.126. The Labute approximate surface area is 163 Å². The Bertz CT molecular complexity index is 990. The number of rotatable bonds is 6. The topological polar surface area (TPSA) is 119 Å². The molecule has 3 heterocycles. The highest BCUT2D eigenvalue weighted by atomic mass is 32.2. The zero-order valence-corrected chi connectivity index (χ0v) is 16.7. The van der Waals surface area contributed by atoms with Gasteiger partial charge in [-0.25, -0.2) is 22.2 Å². The van der Waals surface area contributed by atoms with Gasteiger partial charge in [-0.15, -0.1) is 5.10 Å². The van der Waals surface area contributed by atoms with Gasteiger partial charge >= 0.3 is 5.69 Å². The molecule has 3 rings (SSSR count). The number of sulfonamides is 1. The summed E-state index contributed by atoms with van der Waals surface area (Å²) in [4.78, 5) is 28.9. The number of nitrogens with zero attached hydrogens (tertiary/aromatic N) is 5. The normalized spacial score (nSPS) is 16.2. The van der Waals surface area contributed by atoms with Crippen molar-refractivity contribution in [3.8, 4) is 11.5 Å². The molecule has 0 aliphatic carbocycles. The van der Waals surface area contributed by atoms with E-state index in [4.69, 9.17) is 0 Å². The van der Waals surface area contributed by atoms with Gasteiger partial charge in [0.05, 0.1) is 12.8 Å². The molecule has 1 amide bonds. The monoisotopic (exact) mass is 408 g/mol. The van der Waals surface area contributed by atoms with Gasteiger partial charge in [-0.1, -0.05) is 6.07 Å². The molecule has 0 atom stereocenters. The highest BCUT2D eigenvalue weighted by Crippen LogP contribution is 2.19. The van der Waals surface area contributed by atoms with Gasteiger partial charge in [-0.2, -0.15) is 0 Å². The molecule has 11 heteroatoms. The van der Waals surface area contributed by atoms with Crippen LogP contribution in [0.2, 0.25) is 0 Å². The van der Waals surface area contributed by atoms with Crippen molar-refractivity contribution in [2.75, 3.05) is 25.9 Å². The van der Waals surface area contributed by atoms with Gasteiger partial charge in [0.1, 0.15) is 5.69 Å². The molecule has 1 N–H and O–H groups in total. The second-order valence-electron chi connectivity index (χ2n) is 6.83. The van der Waals surface area contributed by atoms with Crippen molar-refractivity contribution >= 4 is 15.9 Å². The van der Waals surface area contributed by atoms with Gasteiger partial charge in [0.2, 0.25) is 15.9 Å². The summed E-state index contributed by atoms with van der Waals surface area (Å²) in [6, 6.07) is 5.38. The van der Waals surface area contributed by atoms with Crippen LogP contribution in [-0.4, -0.2) is 63.9 Å². The molecule has 0 spiro atoms. The third kappa shape index (κ3) is 4.47. The van der Waals surface area contributed by atoms with E-state index in [1.54, 1.807) is 25.4 Å². The van der Waals surface area contributed by atoms with Gasteiger partial charge in [0.15, 0.2) is 5.82 Å². The molecular weight excluding hydrogens is 384 g/mol. The van der Waals surface area contributed by atoms with Crippen LogP contribution in [0.1, 0.15) is 12.8 Å². The molecule has 0 saturated carbocycles. The minimum Gasteiger partial charge on any atom is -0.354 e. The van der Waals surface area contributed by atoms with Gasteiger partial charge in [0.25, 0.3) is 0 Å². The number of amides is 1. The molecule has 0 radical (unpaired) electrons. The lowest BCUT2D eigenvalue weighted by Crippen LogP contribution is -2.43. The molecular formula is C17H24N6O4S. The van der Waals surface area contributed by atoms with Crippen LogP contribution in [0.3, 0.4) is 0 Å². The molecule has 2 aromatic heterocycles. The van der Waals surface area contributed by atoms with E-state index in [-0.39, 0.29) is 30.6 Å². The molecule has 152 valence electrons. The Morgan fingerprint density at radius 3 is 2.61 bits per heavy atom. The van der Waals surface area contributed by atoms with Crippen molar-refractivity contribution in [1.29, 1.82) is 0 Å². The lowest BCUT2D eigenvalue weighted by atomic mass is 9.97. The zero-order chi connectivity index (χ0) is 20.3. The van der Waals surface area contributed by atoms with E-state index < -0.39 is 10.0 Å². The van der Waals surface area contributed by atoms with Crippen LogP contribution in [0.15, 0.2) is 29.2 Å². The predicted molar refractivity (Wildman–Crippen MR) is 103 cm³/mol. The largest absolute Gasteiger partial charge is 0.354 e. The summed E-state index contributed by atoms with van der Waals surface area (Å²) in [5.74, 6) is 0.120. The van der Waals surface area contributed by atoms with Gasteiger partial charge in [0, 0.05) is 38.8 Å². The number of nitrogens with one attached hydrogen (secondary N) is 1. The van der Waals surface area contributed by atoms with Crippen LogP contribution < -0.4 is 11.0 Å². The van der Waals surface area contributed by atoms with E-state index in [1.807, 2.05) is 6.07 Å². The molecule has 1 saturated heterocycles. The molecule has 0 aromatic carbocycles. The predicted octanol–water partition coefficient (Wildman–Crippen LogP) is -0.568. The van der Waals surface area contributed by atoms with Crippen LogP contribution in [0, 0.1) is 5.92 Å². The Morgan fingerprint density at radius 2 is 2.00 bits per heavy atom. The smallest absolute Gasteiger partial charge is 0.346 e. The van der Waals surface area contributed by atoms with Crippen molar-refractivity contribution < 1.29 is 13.2 Å². The van der Waals surface area contributed by atoms with E-state index in [0.29, 0.717) is 37.4 Å². The van der Waals surface area contributed by atoms with E-state index in [9.17, 15) is 18.0 Å². The lowest BCUT2D eigenvalue weighted by Gasteiger charge is -2.29. The van der Waals surface area contributed by atoms with Crippen LogP contribution in [0.5, 0.6) is 0 Å². The molecule has 1 fully saturated rings. The van der Waals surface area contributed by atoms with E-state index in [2.05, 4.69) is 15.4 Å². The molecule has 0 bridgehead atoms. The summed E-state index contributed by atoms with van der Waals surface area (Å²) < 4.78 is 27.2. The first kappa shape index (κ1) is 20.2. The van der Waals surface area contributed by atoms with Crippen molar-refractivity contribution in [1.82, 2.24) is 29.0 Å². The number of pyridine rings is 1. The highest BCUT2D eigenvalue weighted by molar-refractivity contribution is 7.88. The third-order valence-corrected chi connectivity index (χ3v) is 6.15. The summed E-state index contributed by atoms with van der Waals surface area (Å²) in [5, 5.41) is 7.12. The van der Waals surface area contributed by atoms with Crippen molar-refractivity contribution in [2.45, 2.75) is 19.4 Å². The summed E-state index contributed by atoms with van der Waals surface area (Å²) in [7, 11) is -1.58. The number of piperidine rings is 1. The third-order valence-electron chi connectivity index (χ3n) is 4.85. The summed E-state index contributed by atoms with van der Waals surface area (Å²) in [6.45, 7) is 1.21. The van der Waals surface area contributed by atoms with E-state index in [1.165, 1.54) is 19.8 Å². The molecule has 0 unspecified atom stereocenters. The molecule has 28 heavy (non-hydrogen) atoms. The van der Waals surface area contributed by atoms with Crippen LogP contribution in [-0.2, 0) is 28.4 Å². The first-order valence-electron chi connectivity index (χ1n) is 9.05. The fraction of sp³-hybridized carbons (Fsp3) is 0.529. The second kappa shape index (κ2) is 8.23. The van der Waals surface area contributed by atoms with Gasteiger partial charge in [-0.05, 0) is 25.0 Å². The van der Waals surface area contributed by atoms with E-state index in [0.717, 1.165) is 0 Å². The first-order valence-corrected chi connectivity index (χ1v) is 10.9. The SMILES string of the molecule is Cn1c(-c2ccccn2)nn(CCNC(=O)C2CCN(S(C)(=O)=O)CC2)c1=O. The fourth-order valence-electron chi connectivity index (χ4n) is 3.23. The number of aromatic nitrogens is 4. The maximum absolute atomic E-state index is 12.3. The van der Waals surface area contributed by atoms with Gasteiger partial charge < -0.3 is 5.32 Å². The highest BCUT2D eigenvalue weighted by Gasteiger charge is 2.28. The minimum absolute atomic E-state index is 0.123. The standard InChI is InChI=1S/C17H24N6O4S/c1-21-15(14-5-3-4-8-18-14)20-23(17(21)25)12-9-19-16(24)13-6-10-22(11-7-13)28(2,26)27/h3-5,8,13H,6-7,9-12H2,1-2H3,(H,19,24). The Balaban J connectivity index is 1.55. The molecule has 1 aliphatic rings. The number of carbonyl (C=O) groups is 1. The van der Waals surface area contributed by atoms with Crippen LogP contribution in [0.25, 0.3) is 11.5 Å². The maximum atomic E-state index is 12.3. The Kier molecular flexibility index (Phi) is 5.94. The summed E-state index contributed by atoms with van der Waals surface area (Å²) in [6.07, 6.45) is 3.80. The summed E-state index contributed by atoms with van der Waals surface area (Å²) in [5.41, 5.74) is 0.318.